The second-order valence-electron chi connectivity index (χ2n) is 7.03. The molecule has 2 aliphatic heterocycles. The topological polar surface area (TPSA) is 76.7 Å². The molecule has 1 aliphatic carbocycles. The Morgan fingerprint density at radius 3 is 2.69 bits per heavy atom. The van der Waals surface area contributed by atoms with Gasteiger partial charge >= 0.3 is 0 Å². The molecule has 0 radical (unpaired) electrons. The van der Waals surface area contributed by atoms with Crippen molar-refractivity contribution >= 4 is 23.2 Å². The highest BCUT2D eigenvalue weighted by molar-refractivity contribution is 6.08. The van der Waals surface area contributed by atoms with Crippen molar-refractivity contribution < 1.29 is 19.1 Å². The summed E-state index contributed by atoms with van der Waals surface area (Å²) in [6, 6.07) is 10.7. The smallest absolute Gasteiger partial charge is 0.255 e. The fourth-order valence-electron chi connectivity index (χ4n) is 4.21. The van der Waals surface area contributed by atoms with E-state index in [0.29, 0.717) is 22.7 Å². The number of carbonyl (C=O) groups is 2. The lowest BCUT2D eigenvalue weighted by Gasteiger charge is -2.21. The summed E-state index contributed by atoms with van der Waals surface area (Å²) in [6.45, 7) is 0.175. The highest BCUT2D eigenvalue weighted by atomic mass is 16.7. The van der Waals surface area contributed by atoms with Crippen molar-refractivity contribution in [3.05, 3.63) is 47.5 Å². The van der Waals surface area contributed by atoms with Crippen LogP contribution in [0.15, 0.2) is 36.4 Å². The Bertz CT molecular complexity index is 931. The van der Waals surface area contributed by atoms with Crippen LogP contribution < -0.4 is 20.1 Å². The molecule has 1 spiro atoms. The van der Waals surface area contributed by atoms with Gasteiger partial charge in [-0.2, -0.15) is 0 Å². The fraction of sp³-hybridized carbons (Fsp3) is 0.300. The molecule has 0 saturated heterocycles. The van der Waals surface area contributed by atoms with Gasteiger partial charge in [0, 0.05) is 16.9 Å². The van der Waals surface area contributed by atoms with E-state index in [1.54, 1.807) is 18.2 Å². The van der Waals surface area contributed by atoms with E-state index in [2.05, 4.69) is 10.6 Å². The summed E-state index contributed by atoms with van der Waals surface area (Å²) in [5.74, 6) is 1.09. The molecule has 0 atom stereocenters. The minimum absolute atomic E-state index is 0.0873. The molecular weight excluding hydrogens is 332 g/mol. The molecule has 2 aromatic carbocycles. The van der Waals surface area contributed by atoms with E-state index in [1.165, 1.54) is 0 Å². The van der Waals surface area contributed by atoms with Gasteiger partial charge in [0.15, 0.2) is 11.5 Å². The summed E-state index contributed by atoms with van der Waals surface area (Å²) >= 11 is 0. The largest absolute Gasteiger partial charge is 0.454 e. The molecule has 2 aromatic rings. The third kappa shape index (κ3) is 2.18. The second kappa shape index (κ2) is 5.49. The molecule has 0 aromatic heterocycles. The van der Waals surface area contributed by atoms with Gasteiger partial charge in [0.05, 0.1) is 5.41 Å². The number of amides is 2. The average molecular weight is 350 g/mol. The van der Waals surface area contributed by atoms with Crippen molar-refractivity contribution in [2.24, 2.45) is 0 Å². The molecule has 2 N–H and O–H groups in total. The summed E-state index contributed by atoms with van der Waals surface area (Å²) in [4.78, 5) is 25.1. The van der Waals surface area contributed by atoms with Crippen molar-refractivity contribution in [1.29, 1.82) is 0 Å². The van der Waals surface area contributed by atoms with Crippen LogP contribution in [0.1, 0.15) is 41.6 Å². The van der Waals surface area contributed by atoms with Crippen molar-refractivity contribution in [1.82, 2.24) is 0 Å². The number of nitrogens with one attached hydrogen (secondary N) is 2. The maximum atomic E-state index is 12.6. The summed E-state index contributed by atoms with van der Waals surface area (Å²) in [5, 5.41) is 5.91. The predicted molar refractivity (Wildman–Crippen MR) is 95.7 cm³/mol. The van der Waals surface area contributed by atoms with Crippen LogP contribution in [0, 0.1) is 0 Å². The molecule has 6 heteroatoms. The van der Waals surface area contributed by atoms with E-state index >= 15 is 0 Å². The number of benzene rings is 2. The number of hydrogen-bond donors (Lipinski definition) is 2. The summed E-state index contributed by atoms with van der Waals surface area (Å²) in [7, 11) is 0. The van der Waals surface area contributed by atoms with Crippen LogP contribution in [0.25, 0.3) is 0 Å². The van der Waals surface area contributed by atoms with Crippen LogP contribution in [-0.4, -0.2) is 18.6 Å². The number of hydrogen-bond acceptors (Lipinski definition) is 4. The Labute approximate surface area is 150 Å². The minimum Gasteiger partial charge on any atom is -0.454 e. The Balaban J connectivity index is 1.43. The normalized spacial score (nSPS) is 18.7. The molecule has 1 saturated carbocycles. The molecular formula is C20H18N2O4. The lowest BCUT2D eigenvalue weighted by Crippen LogP contribution is -2.31. The van der Waals surface area contributed by atoms with Crippen molar-refractivity contribution in [3.8, 4) is 11.5 Å². The van der Waals surface area contributed by atoms with Gasteiger partial charge in [-0.05, 0) is 54.8 Å². The number of rotatable bonds is 2. The Morgan fingerprint density at radius 1 is 1.04 bits per heavy atom. The quantitative estimate of drug-likeness (QED) is 0.870. The van der Waals surface area contributed by atoms with Crippen LogP contribution in [0.3, 0.4) is 0 Å². The average Bonchev–Trinajstić information content (AvgIpc) is 3.36. The summed E-state index contributed by atoms with van der Waals surface area (Å²) < 4.78 is 10.6. The summed E-state index contributed by atoms with van der Waals surface area (Å²) in [5.41, 5.74) is 2.63. The molecule has 1 fully saturated rings. The van der Waals surface area contributed by atoms with Gasteiger partial charge in [0.25, 0.3) is 5.91 Å². The lowest BCUT2D eigenvalue weighted by atomic mass is 9.80. The highest BCUT2D eigenvalue weighted by Gasteiger charge is 2.48. The van der Waals surface area contributed by atoms with Crippen LogP contribution in [0.2, 0.25) is 0 Å². The molecule has 5 rings (SSSR count). The first kappa shape index (κ1) is 15.3. The fourth-order valence-corrected chi connectivity index (χ4v) is 4.21. The molecule has 26 heavy (non-hydrogen) atoms. The van der Waals surface area contributed by atoms with Crippen LogP contribution in [0.5, 0.6) is 11.5 Å². The minimum atomic E-state index is -0.422. The first-order valence-corrected chi connectivity index (χ1v) is 8.83. The van der Waals surface area contributed by atoms with Crippen molar-refractivity contribution in [2.75, 3.05) is 17.4 Å². The summed E-state index contributed by atoms with van der Waals surface area (Å²) in [6.07, 6.45) is 3.85. The number of carbonyl (C=O) groups excluding carboxylic acids is 2. The molecule has 3 aliphatic rings. The molecule has 0 unspecified atom stereocenters. The van der Waals surface area contributed by atoms with Gasteiger partial charge in [-0.1, -0.05) is 12.8 Å². The zero-order valence-corrected chi connectivity index (χ0v) is 14.1. The third-order valence-electron chi connectivity index (χ3n) is 5.57. The van der Waals surface area contributed by atoms with Crippen LogP contribution >= 0.6 is 0 Å². The maximum Gasteiger partial charge on any atom is 0.255 e. The van der Waals surface area contributed by atoms with Crippen LogP contribution in [-0.2, 0) is 10.2 Å². The van der Waals surface area contributed by atoms with E-state index < -0.39 is 5.41 Å². The second-order valence-corrected chi connectivity index (χ2v) is 7.03. The van der Waals surface area contributed by atoms with Gasteiger partial charge < -0.3 is 20.1 Å². The molecule has 2 amide bonds. The van der Waals surface area contributed by atoms with Gasteiger partial charge in [-0.15, -0.1) is 0 Å². The zero-order valence-electron chi connectivity index (χ0n) is 14.1. The standard InChI is InChI=1S/C20H18N2O4/c23-18(12-3-6-16-17(9-12)26-11-25-16)21-13-4-5-15-14(10-13)20(19(24)22-15)7-1-2-8-20/h3-6,9-10H,1-2,7-8,11H2,(H,21,23)(H,22,24). The van der Waals surface area contributed by atoms with Gasteiger partial charge in [0.1, 0.15) is 0 Å². The van der Waals surface area contributed by atoms with Gasteiger partial charge in [0.2, 0.25) is 12.7 Å². The monoisotopic (exact) mass is 350 g/mol. The number of anilines is 2. The predicted octanol–water partition coefficient (Wildman–Crippen LogP) is 3.43. The molecule has 0 bridgehead atoms. The number of fused-ring (bicyclic) bond motifs is 3. The zero-order chi connectivity index (χ0) is 17.7. The molecule has 132 valence electrons. The van der Waals surface area contributed by atoms with E-state index in [-0.39, 0.29) is 18.6 Å². The van der Waals surface area contributed by atoms with E-state index in [9.17, 15) is 9.59 Å². The first-order valence-electron chi connectivity index (χ1n) is 8.83. The number of ether oxygens (including phenoxy) is 2. The lowest BCUT2D eigenvalue weighted by molar-refractivity contribution is -0.120. The molecule has 6 nitrogen and oxygen atoms in total. The van der Waals surface area contributed by atoms with E-state index in [4.69, 9.17) is 9.47 Å². The van der Waals surface area contributed by atoms with E-state index in [1.807, 2.05) is 18.2 Å². The Hall–Kier alpha value is -3.02. The highest BCUT2D eigenvalue weighted by Crippen LogP contribution is 2.49. The van der Waals surface area contributed by atoms with Crippen molar-refractivity contribution in [3.63, 3.8) is 0 Å². The van der Waals surface area contributed by atoms with Crippen molar-refractivity contribution in [2.45, 2.75) is 31.1 Å². The van der Waals surface area contributed by atoms with E-state index in [0.717, 1.165) is 36.9 Å². The van der Waals surface area contributed by atoms with Gasteiger partial charge in [-0.25, -0.2) is 0 Å². The SMILES string of the molecule is O=C(Nc1ccc2c(c1)C1(CCCC1)C(=O)N2)c1ccc2c(c1)OCO2. The Kier molecular flexibility index (Phi) is 3.22. The Morgan fingerprint density at radius 2 is 1.85 bits per heavy atom. The maximum absolute atomic E-state index is 12.6. The van der Waals surface area contributed by atoms with Crippen LogP contribution in [0.4, 0.5) is 11.4 Å². The van der Waals surface area contributed by atoms with Gasteiger partial charge in [-0.3, -0.25) is 9.59 Å². The third-order valence-corrected chi connectivity index (χ3v) is 5.57. The molecule has 2 heterocycles. The first-order chi connectivity index (χ1) is 12.7.